The number of halogens is 1. The molecule has 0 aliphatic rings. The van der Waals surface area contributed by atoms with Crippen LogP contribution in [0.4, 0.5) is 0 Å². The monoisotopic (exact) mass is 206 g/mol. The number of carbonyl (C=O) groups is 1. The molecule has 1 aromatic rings. The molecule has 72 valence electrons. The highest BCUT2D eigenvalue weighted by Crippen LogP contribution is 2.20. The van der Waals surface area contributed by atoms with Crippen molar-refractivity contribution in [3.8, 4) is 12.3 Å². The smallest absolute Gasteiger partial charge is 0.164 e. The molecule has 0 atom stereocenters. The van der Waals surface area contributed by atoms with Gasteiger partial charge in [-0.25, -0.2) is 0 Å². The molecule has 0 unspecified atom stereocenters. The lowest BCUT2D eigenvalue weighted by Gasteiger charge is -2.04. The normalized spacial score (nSPS) is 9.50. The molecule has 0 heterocycles. The summed E-state index contributed by atoms with van der Waals surface area (Å²) in [5, 5.41) is 0.622. The first-order valence-corrected chi connectivity index (χ1v) is 4.76. The lowest BCUT2D eigenvalue weighted by Crippen LogP contribution is -2.01. The van der Waals surface area contributed by atoms with Gasteiger partial charge in [-0.15, -0.1) is 12.3 Å². The number of ketones is 1. The Kier molecular flexibility index (Phi) is 3.73. The second kappa shape index (κ2) is 4.83. The Morgan fingerprint density at radius 2 is 2.29 bits per heavy atom. The highest BCUT2D eigenvalue weighted by Gasteiger charge is 2.09. The summed E-state index contributed by atoms with van der Waals surface area (Å²) in [4.78, 5) is 11.6. The molecule has 1 nitrogen and oxygen atoms in total. The minimum atomic E-state index is 0.0583. The summed E-state index contributed by atoms with van der Waals surface area (Å²) in [5.41, 5.74) is 1.50. The third-order valence-corrected chi connectivity index (χ3v) is 2.47. The lowest BCUT2D eigenvalue weighted by atomic mass is 10.0. The molecule has 0 saturated carbocycles. The summed E-state index contributed by atoms with van der Waals surface area (Å²) in [6, 6.07) is 5.33. The van der Waals surface area contributed by atoms with Crippen molar-refractivity contribution in [3.05, 3.63) is 34.3 Å². The second-order valence-electron chi connectivity index (χ2n) is 3.04. The minimum absolute atomic E-state index is 0.0583. The van der Waals surface area contributed by atoms with E-state index in [2.05, 4.69) is 5.92 Å². The van der Waals surface area contributed by atoms with E-state index in [9.17, 15) is 4.79 Å². The fourth-order valence-corrected chi connectivity index (χ4v) is 1.40. The molecular weight excluding hydrogens is 196 g/mol. The quantitative estimate of drug-likeness (QED) is 0.548. The van der Waals surface area contributed by atoms with E-state index in [0.717, 1.165) is 5.56 Å². The Morgan fingerprint density at radius 1 is 1.57 bits per heavy atom. The van der Waals surface area contributed by atoms with Crippen LogP contribution in [0.15, 0.2) is 18.2 Å². The van der Waals surface area contributed by atoms with Crippen molar-refractivity contribution in [2.24, 2.45) is 0 Å². The predicted octanol–water partition coefficient (Wildman–Crippen LogP) is 3.24. The Labute approximate surface area is 89.1 Å². The zero-order valence-corrected chi connectivity index (χ0v) is 8.77. The van der Waals surface area contributed by atoms with Crippen molar-refractivity contribution >= 4 is 17.4 Å². The number of terminal acetylenes is 1. The van der Waals surface area contributed by atoms with Gasteiger partial charge in [-0.1, -0.05) is 23.7 Å². The van der Waals surface area contributed by atoms with Crippen LogP contribution in [0.25, 0.3) is 0 Å². The molecule has 0 aliphatic heterocycles. The number of rotatable bonds is 3. The molecule has 0 aromatic heterocycles. The van der Waals surface area contributed by atoms with E-state index in [4.69, 9.17) is 18.0 Å². The summed E-state index contributed by atoms with van der Waals surface area (Å²) in [5.74, 6) is 2.51. The van der Waals surface area contributed by atoms with Crippen LogP contribution in [-0.4, -0.2) is 5.78 Å². The largest absolute Gasteiger partial charge is 0.294 e. The molecule has 0 spiro atoms. The van der Waals surface area contributed by atoms with Crippen molar-refractivity contribution in [2.75, 3.05) is 0 Å². The molecule has 1 rings (SSSR count). The van der Waals surface area contributed by atoms with Gasteiger partial charge in [-0.05, 0) is 18.6 Å². The van der Waals surface area contributed by atoms with Crippen LogP contribution in [0.3, 0.4) is 0 Å². The standard InChI is InChI=1S/C12H11ClO/c1-3-4-8-12(14)10-6-5-7-11(13)9(10)2/h1,5-7H,4,8H2,2H3. The van der Waals surface area contributed by atoms with Gasteiger partial charge in [-0.2, -0.15) is 0 Å². The van der Waals surface area contributed by atoms with Gasteiger partial charge >= 0.3 is 0 Å². The maximum Gasteiger partial charge on any atom is 0.164 e. The Balaban J connectivity index is 2.91. The van der Waals surface area contributed by atoms with Crippen molar-refractivity contribution in [1.82, 2.24) is 0 Å². The second-order valence-corrected chi connectivity index (χ2v) is 3.45. The summed E-state index contributed by atoms with van der Waals surface area (Å²) in [6.07, 6.45) is 5.96. The molecular formula is C12H11ClO. The fraction of sp³-hybridized carbons (Fsp3) is 0.250. The van der Waals surface area contributed by atoms with Crippen LogP contribution in [0.1, 0.15) is 28.8 Å². The van der Waals surface area contributed by atoms with Crippen LogP contribution >= 0.6 is 11.6 Å². The first kappa shape index (κ1) is 10.8. The van der Waals surface area contributed by atoms with Gasteiger partial charge in [0.15, 0.2) is 5.78 Å². The molecule has 0 bridgehead atoms. The van der Waals surface area contributed by atoms with E-state index < -0.39 is 0 Å². The van der Waals surface area contributed by atoms with Crippen LogP contribution in [0.2, 0.25) is 5.02 Å². The van der Waals surface area contributed by atoms with E-state index in [1.807, 2.05) is 6.92 Å². The topological polar surface area (TPSA) is 17.1 Å². The summed E-state index contributed by atoms with van der Waals surface area (Å²) in [7, 11) is 0. The highest BCUT2D eigenvalue weighted by atomic mass is 35.5. The number of hydrogen-bond acceptors (Lipinski definition) is 1. The van der Waals surface area contributed by atoms with Gasteiger partial charge < -0.3 is 0 Å². The minimum Gasteiger partial charge on any atom is -0.294 e. The van der Waals surface area contributed by atoms with Crippen molar-refractivity contribution in [1.29, 1.82) is 0 Å². The average molecular weight is 207 g/mol. The SMILES string of the molecule is C#CCCC(=O)c1cccc(Cl)c1C. The molecule has 14 heavy (non-hydrogen) atoms. The molecule has 0 saturated heterocycles. The Morgan fingerprint density at radius 3 is 2.93 bits per heavy atom. The lowest BCUT2D eigenvalue weighted by molar-refractivity contribution is 0.0984. The molecule has 0 aliphatic carbocycles. The van der Waals surface area contributed by atoms with Crippen LogP contribution in [0, 0.1) is 19.3 Å². The Hall–Kier alpha value is -1.26. The molecule has 0 amide bonds. The van der Waals surface area contributed by atoms with E-state index >= 15 is 0 Å². The van der Waals surface area contributed by atoms with Gasteiger partial charge in [0.1, 0.15) is 0 Å². The summed E-state index contributed by atoms with van der Waals surface area (Å²) in [6.45, 7) is 1.84. The zero-order chi connectivity index (χ0) is 10.6. The summed E-state index contributed by atoms with van der Waals surface area (Å²) >= 11 is 5.90. The van der Waals surface area contributed by atoms with Gasteiger partial charge in [0.05, 0.1) is 0 Å². The summed E-state index contributed by atoms with van der Waals surface area (Å²) < 4.78 is 0. The molecule has 1 aromatic carbocycles. The fourth-order valence-electron chi connectivity index (χ4n) is 1.23. The number of Topliss-reactive ketones (excluding diaryl/α,β-unsaturated/α-hetero) is 1. The van der Waals surface area contributed by atoms with Gasteiger partial charge in [0.25, 0.3) is 0 Å². The van der Waals surface area contributed by atoms with Gasteiger partial charge in [-0.3, -0.25) is 4.79 Å². The third-order valence-electron chi connectivity index (χ3n) is 2.06. The van der Waals surface area contributed by atoms with Crippen LogP contribution in [-0.2, 0) is 0 Å². The van der Waals surface area contributed by atoms with Crippen molar-refractivity contribution < 1.29 is 4.79 Å². The maximum absolute atomic E-state index is 11.6. The zero-order valence-electron chi connectivity index (χ0n) is 8.01. The first-order chi connectivity index (χ1) is 6.66. The van der Waals surface area contributed by atoms with Crippen molar-refractivity contribution in [2.45, 2.75) is 19.8 Å². The molecule has 0 fully saturated rings. The van der Waals surface area contributed by atoms with Gasteiger partial charge in [0, 0.05) is 23.4 Å². The predicted molar refractivity (Wildman–Crippen MR) is 58.6 cm³/mol. The van der Waals surface area contributed by atoms with E-state index in [1.165, 1.54) is 0 Å². The average Bonchev–Trinajstić information content (AvgIpc) is 2.18. The molecule has 2 heteroatoms. The molecule has 0 N–H and O–H groups in total. The first-order valence-electron chi connectivity index (χ1n) is 4.38. The maximum atomic E-state index is 11.6. The van der Waals surface area contributed by atoms with Crippen molar-refractivity contribution in [3.63, 3.8) is 0 Å². The highest BCUT2D eigenvalue weighted by molar-refractivity contribution is 6.31. The van der Waals surface area contributed by atoms with Crippen LogP contribution in [0.5, 0.6) is 0 Å². The van der Waals surface area contributed by atoms with E-state index in [0.29, 0.717) is 23.4 Å². The van der Waals surface area contributed by atoms with E-state index in [-0.39, 0.29) is 5.78 Å². The Bertz CT molecular complexity index is 388. The third kappa shape index (κ3) is 2.37. The molecule has 0 radical (unpaired) electrons. The van der Waals surface area contributed by atoms with Crippen LogP contribution < -0.4 is 0 Å². The number of carbonyl (C=O) groups excluding carboxylic acids is 1. The van der Waals surface area contributed by atoms with E-state index in [1.54, 1.807) is 18.2 Å². The van der Waals surface area contributed by atoms with Gasteiger partial charge in [0.2, 0.25) is 0 Å². The number of hydrogen-bond donors (Lipinski definition) is 0. The number of benzene rings is 1.